The van der Waals surface area contributed by atoms with Gasteiger partial charge in [-0.3, -0.25) is 0 Å². The molecule has 0 unspecified atom stereocenters. The zero-order valence-electron chi connectivity index (χ0n) is 28.9. The number of para-hydroxylation sites is 1. The Hall–Kier alpha value is -5.94. The van der Waals surface area contributed by atoms with Crippen molar-refractivity contribution in [3.05, 3.63) is 164 Å². The van der Waals surface area contributed by atoms with Crippen molar-refractivity contribution in [2.75, 3.05) is 4.90 Å². The highest BCUT2D eigenvalue weighted by Crippen LogP contribution is 2.45. The Morgan fingerprint density at radius 2 is 1.15 bits per heavy atom. The molecule has 0 spiro atoms. The minimum atomic E-state index is -2.01. The van der Waals surface area contributed by atoms with Crippen LogP contribution >= 0.6 is 11.3 Å². The van der Waals surface area contributed by atoms with Gasteiger partial charge in [-0.2, -0.15) is 0 Å². The van der Waals surface area contributed by atoms with Crippen LogP contribution in [0.2, 0.25) is 13.1 Å². The molecule has 3 heterocycles. The van der Waals surface area contributed by atoms with Crippen LogP contribution in [0.3, 0.4) is 0 Å². The first kappa shape index (κ1) is 29.8. The lowest BCUT2D eigenvalue weighted by atomic mass is 9.98. The van der Waals surface area contributed by atoms with Gasteiger partial charge < -0.3 is 9.32 Å². The highest BCUT2D eigenvalue weighted by atomic mass is 32.1. The zero-order valence-corrected chi connectivity index (χ0v) is 30.7. The molecule has 2 aromatic heterocycles. The Morgan fingerprint density at radius 1 is 0.481 bits per heavy atom. The summed E-state index contributed by atoms with van der Waals surface area (Å²) >= 11 is 1.94. The first-order chi connectivity index (χ1) is 25.5. The van der Waals surface area contributed by atoms with E-state index in [0.717, 1.165) is 39.0 Å². The third-order valence-corrected chi connectivity index (χ3v) is 16.0. The van der Waals surface area contributed by atoms with Gasteiger partial charge >= 0.3 is 0 Å². The van der Waals surface area contributed by atoms with Crippen LogP contribution in [-0.2, 0) is 0 Å². The lowest BCUT2D eigenvalue weighted by molar-refractivity contribution is 0.669. The van der Waals surface area contributed by atoms with Gasteiger partial charge in [-0.1, -0.05) is 122 Å². The number of hydrogen-bond donors (Lipinski definition) is 0. The zero-order chi connectivity index (χ0) is 34.6. The Morgan fingerprint density at radius 3 is 2.04 bits per heavy atom. The molecule has 0 fully saturated rings. The van der Waals surface area contributed by atoms with Crippen molar-refractivity contribution in [2.45, 2.75) is 13.1 Å². The van der Waals surface area contributed by atoms with E-state index < -0.39 is 8.07 Å². The Bertz CT molecular complexity index is 3050. The van der Waals surface area contributed by atoms with Gasteiger partial charge in [0.1, 0.15) is 19.2 Å². The summed E-state index contributed by atoms with van der Waals surface area (Å²) < 4.78 is 9.20. The molecule has 0 saturated carbocycles. The molecule has 1 aliphatic rings. The standard InChI is InChI=1S/C48H33NOSSi/c1-52(2)45-27-26-40-39-14-6-8-17-44(39)51-48(40)47(45)41-25-23-34(29-46(41)52)49(33-22-24-38-37-13-5-7-16-42(37)50-43(38)28-33)32-20-18-31(19-21-32)36-15-9-11-30-10-3-4-12-35(30)36/h3-29H,1-2H3. The van der Waals surface area contributed by atoms with E-state index in [1.165, 1.54) is 63.6 Å². The largest absolute Gasteiger partial charge is 0.456 e. The summed E-state index contributed by atoms with van der Waals surface area (Å²) in [5.41, 5.74) is 10.5. The summed E-state index contributed by atoms with van der Waals surface area (Å²) in [6, 6.07) is 60.1. The van der Waals surface area contributed by atoms with Crippen molar-refractivity contribution < 1.29 is 4.42 Å². The Balaban J connectivity index is 1.09. The number of benzene rings is 8. The Kier molecular flexibility index (Phi) is 6.31. The lowest BCUT2D eigenvalue weighted by Crippen LogP contribution is -2.49. The van der Waals surface area contributed by atoms with E-state index in [-0.39, 0.29) is 0 Å². The molecule has 10 aromatic rings. The summed E-state index contributed by atoms with van der Waals surface area (Å²) in [6.45, 7) is 5.04. The van der Waals surface area contributed by atoms with Crippen LogP contribution in [-0.4, -0.2) is 8.07 Å². The van der Waals surface area contributed by atoms with E-state index in [1.807, 2.05) is 17.4 Å². The van der Waals surface area contributed by atoms with Crippen molar-refractivity contribution in [3.63, 3.8) is 0 Å². The minimum Gasteiger partial charge on any atom is -0.456 e. The van der Waals surface area contributed by atoms with Crippen LogP contribution in [0, 0.1) is 0 Å². The topological polar surface area (TPSA) is 16.4 Å². The number of thiophene rings is 1. The molecule has 0 radical (unpaired) electrons. The van der Waals surface area contributed by atoms with Crippen molar-refractivity contribution in [2.24, 2.45) is 0 Å². The SMILES string of the molecule is C[Si]1(C)c2cc(N(c3ccc(-c4cccc5ccccc45)cc3)c3ccc4c(c3)oc3ccccc34)ccc2-c2c1ccc1c2sc2ccccc21. The molecule has 52 heavy (non-hydrogen) atoms. The number of anilines is 3. The molecule has 1 aliphatic heterocycles. The molecule has 8 aromatic carbocycles. The predicted octanol–water partition coefficient (Wildman–Crippen LogP) is 13.0. The molecule has 2 nitrogen and oxygen atoms in total. The molecule has 11 rings (SSSR count). The van der Waals surface area contributed by atoms with Gasteiger partial charge in [-0.25, -0.2) is 0 Å². The average molecular weight is 700 g/mol. The highest BCUT2D eigenvalue weighted by molar-refractivity contribution is 7.26. The first-order valence-corrected chi connectivity index (χ1v) is 21.7. The van der Waals surface area contributed by atoms with Gasteiger partial charge in [-0.05, 0) is 91.9 Å². The summed E-state index contributed by atoms with van der Waals surface area (Å²) in [6.07, 6.45) is 0. The fourth-order valence-electron chi connectivity index (χ4n) is 8.70. The van der Waals surface area contributed by atoms with Gasteiger partial charge in [0.05, 0.1) is 0 Å². The van der Waals surface area contributed by atoms with Crippen LogP contribution in [0.15, 0.2) is 168 Å². The maximum atomic E-state index is 6.43. The van der Waals surface area contributed by atoms with Gasteiger partial charge in [0, 0.05) is 54.1 Å². The van der Waals surface area contributed by atoms with Crippen LogP contribution < -0.4 is 15.3 Å². The van der Waals surface area contributed by atoms with Crippen molar-refractivity contribution >= 4 is 99.7 Å². The summed E-state index contributed by atoms with van der Waals surface area (Å²) in [5, 5.41) is 10.6. The molecule has 0 aliphatic carbocycles. The quantitative estimate of drug-likeness (QED) is 0.170. The summed E-state index contributed by atoms with van der Waals surface area (Å²) in [7, 11) is -2.01. The van der Waals surface area contributed by atoms with Crippen LogP contribution in [0.25, 0.3) is 75.1 Å². The van der Waals surface area contributed by atoms with Gasteiger partial charge in [0.25, 0.3) is 0 Å². The van der Waals surface area contributed by atoms with E-state index >= 15 is 0 Å². The fraction of sp³-hybridized carbons (Fsp3) is 0.0417. The number of fused-ring (bicyclic) bond motifs is 11. The minimum absolute atomic E-state index is 0.895. The number of furan rings is 1. The molecule has 0 N–H and O–H groups in total. The number of hydrogen-bond acceptors (Lipinski definition) is 3. The van der Waals surface area contributed by atoms with E-state index in [2.05, 4.69) is 176 Å². The molecule has 0 amide bonds. The summed E-state index contributed by atoms with van der Waals surface area (Å²) in [5.74, 6) is 0. The maximum Gasteiger partial charge on any atom is 0.137 e. The third-order valence-electron chi connectivity index (χ3n) is 11.3. The van der Waals surface area contributed by atoms with E-state index in [9.17, 15) is 0 Å². The van der Waals surface area contributed by atoms with Crippen LogP contribution in [0.1, 0.15) is 0 Å². The number of nitrogens with zero attached hydrogens (tertiary/aromatic N) is 1. The summed E-state index contributed by atoms with van der Waals surface area (Å²) in [4.78, 5) is 2.41. The third kappa shape index (κ3) is 4.29. The molecule has 0 bridgehead atoms. The van der Waals surface area contributed by atoms with Crippen LogP contribution in [0.5, 0.6) is 0 Å². The smallest absolute Gasteiger partial charge is 0.137 e. The van der Waals surface area contributed by atoms with Gasteiger partial charge in [0.15, 0.2) is 0 Å². The normalized spacial score (nSPS) is 13.3. The molecular weight excluding hydrogens is 667 g/mol. The predicted molar refractivity (Wildman–Crippen MR) is 226 cm³/mol. The molecule has 246 valence electrons. The van der Waals surface area contributed by atoms with Gasteiger partial charge in [-0.15, -0.1) is 11.3 Å². The Labute approximate surface area is 306 Å². The van der Waals surface area contributed by atoms with Crippen molar-refractivity contribution in [3.8, 4) is 22.3 Å². The highest BCUT2D eigenvalue weighted by Gasteiger charge is 2.39. The maximum absolute atomic E-state index is 6.43. The monoisotopic (exact) mass is 699 g/mol. The average Bonchev–Trinajstić information content (AvgIpc) is 3.82. The molecule has 4 heteroatoms. The first-order valence-electron chi connectivity index (χ1n) is 17.9. The van der Waals surface area contributed by atoms with Crippen molar-refractivity contribution in [1.82, 2.24) is 0 Å². The van der Waals surface area contributed by atoms with E-state index in [1.54, 1.807) is 0 Å². The number of rotatable bonds is 4. The van der Waals surface area contributed by atoms with E-state index in [4.69, 9.17) is 4.42 Å². The second-order valence-corrected chi connectivity index (χ2v) is 19.9. The second-order valence-electron chi connectivity index (χ2n) is 14.5. The fourth-order valence-corrected chi connectivity index (χ4v) is 13.1. The van der Waals surface area contributed by atoms with Gasteiger partial charge in [0.2, 0.25) is 0 Å². The molecule has 0 atom stereocenters. The van der Waals surface area contributed by atoms with Crippen LogP contribution in [0.4, 0.5) is 17.1 Å². The second kappa shape index (κ2) is 11.0. The van der Waals surface area contributed by atoms with E-state index in [0.29, 0.717) is 0 Å². The molecular formula is C48H33NOSSi. The lowest BCUT2D eigenvalue weighted by Gasteiger charge is -2.27. The van der Waals surface area contributed by atoms with Crippen molar-refractivity contribution in [1.29, 1.82) is 0 Å². The molecule has 0 saturated heterocycles.